The molecule has 176 valence electrons. The van der Waals surface area contributed by atoms with Gasteiger partial charge in [0.15, 0.2) is 6.10 Å². The number of anilines is 2. The van der Waals surface area contributed by atoms with Crippen LogP contribution < -0.4 is 10.2 Å². The maximum Gasteiger partial charge on any atom is 0.416 e. The van der Waals surface area contributed by atoms with E-state index in [0.717, 1.165) is 18.2 Å². The molecule has 1 heterocycles. The highest BCUT2D eigenvalue weighted by molar-refractivity contribution is 5.99. The Morgan fingerprint density at radius 3 is 2.52 bits per heavy atom. The van der Waals surface area contributed by atoms with E-state index in [1.807, 2.05) is 0 Å². The molecule has 1 saturated heterocycles. The predicted molar refractivity (Wildman–Crippen MR) is 111 cm³/mol. The van der Waals surface area contributed by atoms with Gasteiger partial charge in [-0.05, 0) is 31.2 Å². The zero-order chi connectivity index (χ0) is 24.2. The smallest absolute Gasteiger partial charge is 0.416 e. The highest BCUT2D eigenvalue weighted by Gasteiger charge is 2.32. The van der Waals surface area contributed by atoms with E-state index >= 15 is 0 Å². The van der Waals surface area contributed by atoms with Crippen LogP contribution in [-0.4, -0.2) is 49.2 Å². The third-order valence-corrected chi connectivity index (χ3v) is 4.88. The van der Waals surface area contributed by atoms with Crippen molar-refractivity contribution in [3.63, 3.8) is 0 Å². The van der Waals surface area contributed by atoms with Gasteiger partial charge in [-0.15, -0.1) is 0 Å². The average molecular weight is 467 g/mol. The number of non-ortho nitro benzene ring substituents is 1. The Balaban J connectivity index is 1.78. The number of benzene rings is 2. The number of hydrogen-bond acceptors (Lipinski definition) is 7. The number of amides is 1. The molecule has 2 aromatic carbocycles. The molecule has 0 aliphatic carbocycles. The van der Waals surface area contributed by atoms with Gasteiger partial charge in [0.05, 0.1) is 40.6 Å². The number of carbonyl (C=O) groups excluding carboxylic acids is 2. The molecule has 1 unspecified atom stereocenters. The molecule has 3 rings (SSSR count). The van der Waals surface area contributed by atoms with Crippen LogP contribution in [0.1, 0.15) is 22.8 Å². The van der Waals surface area contributed by atoms with Crippen molar-refractivity contribution in [1.82, 2.24) is 0 Å². The number of rotatable bonds is 6. The predicted octanol–water partition coefficient (Wildman–Crippen LogP) is 3.63. The first-order chi connectivity index (χ1) is 15.6. The number of ether oxygens (including phenoxy) is 2. The first kappa shape index (κ1) is 24.0. The summed E-state index contributed by atoms with van der Waals surface area (Å²) in [6.07, 6.45) is -6.01. The number of morpholine rings is 1. The van der Waals surface area contributed by atoms with Crippen molar-refractivity contribution in [1.29, 1.82) is 0 Å². The number of nitro groups is 1. The molecule has 9 nitrogen and oxygen atoms in total. The molecule has 1 atom stereocenters. The van der Waals surface area contributed by atoms with Crippen LogP contribution in [0.15, 0.2) is 42.5 Å². The number of alkyl halides is 3. The lowest BCUT2D eigenvalue weighted by atomic mass is 10.1. The van der Waals surface area contributed by atoms with Gasteiger partial charge in [-0.25, -0.2) is 4.79 Å². The lowest BCUT2D eigenvalue weighted by Crippen LogP contribution is -2.37. The van der Waals surface area contributed by atoms with Crippen LogP contribution in [0.5, 0.6) is 0 Å². The van der Waals surface area contributed by atoms with Gasteiger partial charge >= 0.3 is 12.1 Å². The molecule has 1 amide bonds. The van der Waals surface area contributed by atoms with Gasteiger partial charge < -0.3 is 19.7 Å². The average Bonchev–Trinajstić information content (AvgIpc) is 2.79. The van der Waals surface area contributed by atoms with Crippen molar-refractivity contribution >= 4 is 28.9 Å². The highest BCUT2D eigenvalue weighted by atomic mass is 19.4. The second kappa shape index (κ2) is 9.86. The number of esters is 1. The van der Waals surface area contributed by atoms with Crippen LogP contribution in [-0.2, 0) is 20.4 Å². The van der Waals surface area contributed by atoms with E-state index in [9.17, 15) is 32.9 Å². The van der Waals surface area contributed by atoms with E-state index in [1.165, 1.54) is 31.2 Å². The second-order valence-electron chi connectivity index (χ2n) is 7.17. The van der Waals surface area contributed by atoms with Crippen LogP contribution in [0.3, 0.4) is 0 Å². The molecule has 2 aromatic rings. The Bertz CT molecular complexity index is 1050. The van der Waals surface area contributed by atoms with Gasteiger partial charge in [0, 0.05) is 25.2 Å². The Morgan fingerprint density at radius 1 is 1.18 bits per heavy atom. The summed E-state index contributed by atoms with van der Waals surface area (Å²) in [7, 11) is 0. The number of nitro benzene ring substituents is 1. The van der Waals surface area contributed by atoms with E-state index in [2.05, 4.69) is 5.32 Å². The second-order valence-corrected chi connectivity index (χ2v) is 7.17. The topological polar surface area (TPSA) is 111 Å². The van der Waals surface area contributed by atoms with Crippen LogP contribution in [0.25, 0.3) is 0 Å². The van der Waals surface area contributed by atoms with Crippen LogP contribution in [0.4, 0.5) is 30.2 Å². The van der Waals surface area contributed by atoms with Crippen molar-refractivity contribution < 1.29 is 37.2 Å². The Morgan fingerprint density at radius 2 is 1.88 bits per heavy atom. The van der Waals surface area contributed by atoms with E-state index < -0.39 is 34.6 Å². The Hall–Kier alpha value is -3.67. The summed E-state index contributed by atoms with van der Waals surface area (Å²) in [5.74, 6) is -1.85. The van der Waals surface area contributed by atoms with E-state index in [0.29, 0.717) is 32.0 Å². The van der Waals surface area contributed by atoms with Crippen molar-refractivity contribution in [3.8, 4) is 0 Å². The molecule has 1 N–H and O–H groups in total. The van der Waals surface area contributed by atoms with Crippen LogP contribution in [0.2, 0.25) is 0 Å². The summed E-state index contributed by atoms with van der Waals surface area (Å²) in [6, 6.07) is 7.76. The van der Waals surface area contributed by atoms with Crippen molar-refractivity contribution in [2.24, 2.45) is 0 Å². The minimum absolute atomic E-state index is 0.0880. The lowest BCUT2D eigenvalue weighted by molar-refractivity contribution is -0.384. The number of halogens is 3. The fourth-order valence-electron chi connectivity index (χ4n) is 3.16. The Kier molecular flexibility index (Phi) is 7.16. The standard InChI is InChI=1S/C21H20F3N3O6/c1-13(33-20(29)14-3-2-4-16(11-14)27(30)31)19(28)25-17-12-15(21(22,23)24)5-6-18(17)26-7-9-32-10-8-26/h2-6,11-13H,7-10H2,1H3,(H,25,28). The van der Waals surface area contributed by atoms with Gasteiger partial charge in [0.25, 0.3) is 11.6 Å². The number of carbonyl (C=O) groups is 2. The quantitative estimate of drug-likeness (QED) is 0.392. The zero-order valence-corrected chi connectivity index (χ0v) is 17.4. The maximum absolute atomic E-state index is 13.2. The molecule has 0 saturated carbocycles. The Labute approximate surface area is 186 Å². The minimum atomic E-state index is -4.62. The molecular formula is C21H20F3N3O6. The van der Waals surface area contributed by atoms with E-state index in [4.69, 9.17) is 9.47 Å². The fourth-order valence-corrected chi connectivity index (χ4v) is 3.16. The molecule has 0 spiro atoms. The molecule has 1 aliphatic heterocycles. The monoisotopic (exact) mass is 467 g/mol. The zero-order valence-electron chi connectivity index (χ0n) is 17.4. The summed E-state index contributed by atoms with van der Waals surface area (Å²) in [5.41, 5.74) is -1.14. The van der Waals surface area contributed by atoms with Gasteiger partial charge in [-0.3, -0.25) is 14.9 Å². The molecule has 0 bridgehead atoms. The maximum atomic E-state index is 13.2. The number of nitrogens with zero attached hydrogens (tertiary/aromatic N) is 2. The molecule has 1 fully saturated rings. The number of nitrogens with one attached hydrogen (secondary N) is 1. The first-order valence-corrected chi connectivity index (χ1v) is 9.86. The lowest BCUT2D eigenvalue weighted by Gasteiger charge is -2.31. The van der Waals surface area contributed by atoms with Gasteiger partial charge in [0.2, 0.25) is 0 Å². The summed E-state index contributed by atoms with van der Waals surface area (Å²) in [5, 5.41) is 13.3. The normalized spacial score (nSPS) is 15.0. The minimum Gasteiger partial charge on any atom is -0.449 e. The molecule has 33 heavy (non-hydrogen) atoms. The highest BCUT2D eigenvalue weighted by Crippen LogP contribution is 2.36. The summed E-state index contributed by atoms with van der Waals surface area (Å²) in [4.78, 5) is 36.9. The summed E-state index contributed by atoms with van der Waals surface area (Å²) < 4.78 is 50.0. The third kappa shape index (κ3) is 5.98. The van der Waals surface area contributed by atoms with Crippen LogP contribution >= 0.6 is 0 Å². The van der Waals surface area contributed by atoms with Gasteiger partial charge in [-0.1, -0.05) is 6.07 Å². The summed E-state index contributed by atoms with van der Waals surface area (Å²) in [6.45, 7) is 2.85. The summed E-state index contributed by atoms with van der Waals surface area (Å²) >= 11 is 0. The van der Waals surface area contributed by atoms with Gasteiger partial charge in [-0.2, -0.15) is 13.2 Å². The van der Waals surface area contributed by atoms with Crippen molar-refractivity contribution in [3.05, 3.63) is 63.7 Å². The van der Waals surface area contributed by atoms with Crippen LogP contribution in [0, 0.1) is 10.1 Å². The molecular weight excluding hydrogens is 447 g/mol. The van der Waals surface area contributed by atoms with E-state index in [1.54, 1.807) is 4.90 Å². The van der Waals surface area contributed by atoms with Crippen molar-refractivity contribution in [2.75, 3.05) is 36.5 Å². The molecule has 1 aliphatic rings. The molecule has 0 radical (unpaired) electrons. The fraction of sp³-hybridized carbons (Fsp3) is 0.333. The first-order valence-electron chi connectivity index (χ1n) is 9.86. The molecule has 0 aromatic heterocycles. The van der Waals surface area contributed by atoms with Gasteiger partial charge in [0.1, 0.15) is 0 Å². The number of hydrogen-bond donors (Lipinski definition) is 1. The van der Waals surface area contributed by atoms with E-state index in [-0.39, 0.29) is 16.9 Å². The van der Waals surface area contributed by atoms with Crippen molar-refractivity contribution in [2.45, 2.75) is 19.2 Å². The largest absolute Gasteiger partial charge is 0.449 e. The third-order valence-electron chi connectivity index (χ3n) is 4.88. The SMILES string of the molecule is CC(OC(=O)c1cccc([N+](=O)[O-])c1)C(=O)Nc1cc(C(F)(F)F)ccc1N1CCOCC1. The molecule has 12 heteroatoms.